The molecule has 0 aromatic carbocycles. The van der Waals surface area contributed by atoms with Crippen molar-refractivity contribution in [3.63, 3.8) is 0 Å². The smallest absolute Gasteiger partial charge is 0.321 e. The Morgan fingerprint density at radius 1 is 1.00 bits per heavy atom. The Morgan fingerprint density at radius 3 is 1.62 bits per heavy atom. The molecule has 0 aromatic rings. The van der Waals surface area contributed by atoms with Crippen molar-refractivity contribution in [2.75, 3.05) is 13.2 Å². The molecule has 0 aliphatic rings. The maximum Gasteiger partial charge on any atom is 0.321 e. The molecule has 0 spiro atoms. The van der Waals surface area contributed by atoms with Crippen LogP contribution in [-0.4, -0.2) is 30.9 Å². The molecule has 0 saturated heterocycles. The lowest BCUT2D eigenvalue weighted by molar-refractivity contribution is -0.165. The van der Waals surface area contributed by atoms with Crippen LogP contribution in [0.25, 0.3) is 0 Å². The van der Waals surface area contributed by atoms with Gasteiger partial charge in [-0.2, -0.15) is 0 Å². The Labute approximate surface area is 95.1 Å². The molecule has 0 bridgehead atoms. The molecule has 92 valence electrons. The first kappa shape index (κ1) is 14.6. The lowest BCUT2D eigenvalue weighted by atomic mass is 9.91. The quantitative estimate of drug-likeness (QED) is 0.502. The lowest BCUT2D eigenvalue weighted by Crippen LogP contribution is -2.36. The molecule has 5 heteroatoms. The summed E-state index contributed by atoms with van der Waals surface area (Å²) in [5.74, 6) is -3.53. The molecular weight excluding hydrogens is 212 g/mol. The van der Waals surface area contributed by atoms with Crippen molar-refractivity contribution in [2.45, 2.75) is 27.7 Å². The monoisotopic (exact) mass is 230 g/mol. The molecule has 0 aliphatic heterocycles. The number of hydrogen-bond acceptors (Lipinski definition) is 5. The van der Waals surface area contributed by atoms with E-state index in [1.807, 2.05) is 0 Å². The fourth-order valence-corrected chi connectivity index (χ4v) is 1.20. The number of ether oxygens (including phenoxy) is 2. The first-order valence-corrected chi connectivity index (χ1v) is 5.29. The molecule has 0 saturated carbocycles. The summed E-state index contributed by atoms with van der Waals surface area (Å²) in [5.41, 5.74) is 0. The van der Waals surface area contributed by atoms with Crippen LogP contribution in [0.4, 0.5) is 0 Å². The van der Waals surface area contributed by atoms with Crippen LogP contribution >= 0.6 is 0 Å². The molecular formula is C11H18O5. The lowest BCUT2D eigenvalue weighted by Gasteiger charge is -2.18. The number of esters is 2. The van der Waals surface area contributed by atoms with Crippen LogP contribution < -0.4 is 0 Å². The first-order valence-electron chi connectivity index (χ1n) is 5.29. The van der Waals surface area contributed by atoms with Gasteiger partial charge in [-0.25, -0.2) is 0 Å². The Balaban J connectivity index is 4.82. The third-order valence-electron chi connectivity index (χ3n) is 2.22. The van der Waals surface area contributed by atoms with Gasteiger partial charge in [-0.15, -0.1) is 0 Å². The van der Waals surface area contributed by atoms with Gasteiger partial charge in [0.15, 0.2) is 5.92 Å². The number of rotatable bonds is 6. The van der Waals surface area contributed by atoms with E-state index in [1.54, 1.807) is 13.8 Å². The minimum Gasteiger partial charge on any atom is -0.465 e. The van der Waals surface area contributed by atoms with Gasteiger partial charge in [-0.05, 0) is 20.8 Å². The van der Waals surface area contributed by atoms with Crippen molar-refractivity contribution < 1.29 is 23.9 Å². The second-order valence-corrected chi connectivity index (χ2v) is 3.38. The molecule has 16 heavy (non-hydrogen) atoms. The zero-order valence-electron chi connectivity index (χ0n) is 10.1. The fraction of sp³-hybridized carbons (Fsp3) is 0.727. The van der Waals surface area contributed by atoms with E-state index in [9.17, 15) is 14.4 Å². The Bertz CT molecular complexity index is 254. The zero-order chi connectivity index (χ0) is 12.7. The summed E-state index contributed by atoms with van der Waals surface area (Å²) < 4.78 is 9.50. The van der Waals surface area contributed by atoms with Gasteiger partial charge in [-0.3, -0.25) is 14.4 Å². The van der Waals surface area contributed by atoms with Crippen molar-refractivity contribution in [3.05, 3.63) is 0 Å². The van der Waals surface area contributed by atoms with Crippen molar-refractivity contribution >= 4 is 17.7 Å². The van der Waals surface area contributed by atoms with Gasteiger partial charge in [0.1, 0.15) is 5.78 Å². The number of carbonyl (C=O) groups excluding carboxylic acids is 3. The molecule has 1 atom stereocenters. The molecule has 0 unspecified atom stereocenters. The van der Waals surface area contributed by atoms with Crippen molar-refractivity contribution in [3.8, 4) is 0 Å². The molecule has 0 rings (SSSR count). The molecule has 0 radical (unpaired) electrons. The van der Waals surface area contributed by atoms with Gasteiger partial charge < -0.3 is 9.47 Å². The van der Waals surface area contributed by atoms with Gasteiger partial charge in [0, 0.05) is 5.92 Å². The largest absolute Gasteiger partial charge is 0.465 e. The zero-order valence-corrected chi connectivity index (χ0v) is 10.1. The van der Waals surface area contributed by atoms with Crippen molar-refractivity contribution in [2.24, 2.45) is 11.8 Å². The summed E-state index contributed by atoms with van der Waals surface area (Å²) in [7, 11) is 0. The van der Waals surface area contributed by atoms with E-state index in [-0.39, 0.29) is 19.0 Å². The molecule has 0 fully saturated rings. The highest BCUT2D eigenvalue weighted by Gasteiger charge is 2.37. The average Bonchev–Trinajstić information content (AvgIpc) is 2.18. The third kappa shape index (κ3) is 4.00. The summed E-state index contributed by atoms with van der Waals surface area (Å²) in [6.07, 6.45) is 0. The van der Waals surface area contributed by atoms with Crippen LogP contribution in [0.2, 0.25) is 0 Å². The minimum absolute atomic E-state index is 0.166. The molecule has 0 aromatic heterocycles. The highest BCUT2D eigenvalue weighted by molar-refractivity contribution is 5.99. The van der Waals surface area contributed by atoms with Crippen LogP contribution in [0.3, 0.4) is 0 Å². The van der Waals surface area contributed by atoms with E-state index in [1.165, 1.54) is 13.8 Å². The molecule has 0 amide bonds. The second-order valence-electron chi connectivity index (χ2n) is 3.38. The number of Topliss-reactive ketones (excluding diaryl/α,β-unsaturated/α-hetero) is 1. The predicted octanol–water partition coefficient (Wildman–Crippen LogP) is 0.954. The number of hydrogen-bond donors (Lipinski definition) is 0. The summed E-state index contributed by atoms with van der Waals surface area (Å²) in [5, 5.41) is 0. The van der Waals surface area contributed by atoms with Crippen molar-refractivity contribution in [1.29, 1.82) is 0 Å². The number of carbonyl (C=O) groups is 3. The topological polar surface area (TPSA) is 69.7 Å². The summed E-state index contributed by atoms with van der Waals surface area (Å²) in [4.78, 5) is 34.2. The van der Waals surface area contributed by atoms with E-state index >= 15 is 0 Å². The van der Waals surface area contributed by atoms with Crippen molar-refractivity contribution in [1.82, 2.24) is 0 Å². The Hall–Kier alpha value is -1.39. The van der Waals surface area contributed by atoms with E-state index in [2.05, 4.69) is 0 Å². The highest BCUT2D eigenvalue weighted by Crippen LogP contribution is 2.16. The average molecular weight is 230 g/mol. The molecule has 0 aliphatic carbocycles. The molecule has 0 N–H and O–H groups in total. The van der Waals surface area contributed by atoms with E-state index in [0.29, 0.717) is 0 Å². The third-order valence-corrected chi connectivity index (χ3v) is 2.22. The van der Waals surface area contributed by atoms with Crippen LogP contribution in [0, 0.1) is 11.8 Å². The maximum absolute atomic E-state index is 11.5. The maximum atomic E-state index is 11.5. The normalized spacial score (nSPS) is 12.1. The van der Waals surface area contributed by atoms with Gasteiger partial charge >= 0.3 is 11.9 Å². The SMILES string of the molecule is CCOC(=O)C(C(=O)OCC)[C@@H](C)C(C)=O. The summed E-state index contributed by atoms with van der Waals surface area (Å²) >= 11 is 0. The first-order chi connectivity index (χ1) is 7.45. The molecule has 0 heterocycles. The Morgan fingerprint density at radius 2 is 1.38 bits per heavy atom. The predicted molar refractivity (Wildman–Crippen MR) is 56.6 cm³/mol. The molecule has 5 nitrogen and oxygen atoms in total. The van der Waals surface area contributed by atoms with Crippen LogP contribution in [-0.2, 0) is 23.9 Å². The fourth-order valence-electron chi connectivity index (χ4n) is 1.20. The summed E-state index contributed by atoms with van der Waals surface area (Å²) in [6, 6.07) is 0. The van der Waals surface area contributed by atoms with Crippen LogP contribution in [0.5, 0.6) is 0 Å². The second kappa shape index (κ2) is 6.98. The van der Waals surface area contributed by atoms with Gasteiger partial charge in [-0.1, -0.05) is 6.92 Å². The standard InChI is InChI=1S/C11H18O5/c1-5-15-10(13)9(7(3)8(4)12)11(14)16-6-2/h7,9H,5-6H2,1-4H3/t7-/m0/s1. The summed E-state index contributed by atoms with van der Waals surface area (Å²) in [6.45, 7) is 6.45. The van der Waals surface area contributed by atoms with Crippen LogP contribution in [0.1, 0.15) is 27.7 Å². The van der Waals surface area contributed by atoms with E-state index in [0.717, 1.165) is 0 Å². The highest BCUT2D eigenvalue weighted by atomic mass is 16.6. The van der Waals surface area contributed by atoms with Crippen LogP contribution in [0.15, 0.2) is 0 Å². The number of ketones is 1. The minimum atomic E-state index is -1.16. The Kier molecular flexibility index (Phi) is 6.37. The van der Waals surface area contributed by atoms with Gasteiger partial charge in [0.05, 0.1) is 13.2 Å². The van der Waals surface area contributed by atoms with Gasteiger partial charge in [0.2, 0.25) is 0 Å². The van der Waals surface area contributed by atoms with Gasteiger partial charge in [0.25, 0.3) is 0 Å². The van der Waals surface area contributed by atoms with E-state index < -0.39 is 23.8 Å². The van der Waals surface area contributed by atoms with E-state index in [4.69, 9.17) is 9.47 Å².